The molecule has 0 unspecified atom stereocenters. The van der Waals surface area contributed by atoms with Crippen LogP contribution in [0.5, 0.6) is 0 Å². The Morgan fingerprint density at radius 2 is 1.53 bits per heavy atom. The van der Waals surface area contributed by atoms with Gasteiger partial charge in [0.25, 0.3) is 5.91 Å². The van der Waals surface area contributed by atoms with Gasteiger partial charge in [0.05, 0.1) is 49.0 Å². The monoisotopic (exact) mass is 698 g/mol. The summed E-state index contributed by atoms with van der Waals surface area (Å²) in [6.45, 7) is 0.306. The Kier molecular flexibility index (Phi) is 8.31. The third-order valence-corrected chi connectivity index (χ3v) is 9.44. The van der Waals surface area contributed by atoms with Crippen LogP contribution in [0.1, 0.15) is 15.9 Å². The summed E-state index contributed by atoms with van der Waals surface area (Å²) in [5.74, 6) is -4.79. The average Bonchev–Trinajstić information content (AvgIpc) is 3.88. The Morgan fingerprint density at radius 3 is 2.27 bits per heavy atom. The van der Waals surface area contributed by atoms with Crippen LogP contribution in [0.15, 0.2) is 91.3 Å². The Bertz CT molecular complexity index is 2340. The van der Waals surface area contributed by atoms with Crippen molar-refractivity contribution in [3.05, 3.63) is 130 Å². The Labute approximate surface area is 283 Å². The van der Waals surface area contributed by atoms with Gasteiger partial charge in [-0.1, -0.05) is 17.4 Å². The maximum absolute atomic E-state index is 14.2. The Hall–Kier alpha value is -6.00. The number of nitrogens with one attached hydrogen (secondary N) is 1. The van der Waals surface area contributed by atoms with Crippen LogP contribution >= 0.6 is 22.7 Å². The van der Waals surface area contributed by atoms with E-state index in [2.05, 4.69) is 20.4 Å². The van der Waals surface area contributed by atoms with Crippen molar-refractivity contribution in [2.45, 2.75) is 6.54 Å². The minimum atomic E-state index is -1.31. The minimum Gasteiger partial charge on any atom is -0.313 e. The number of pyridine rings is 2. The number of benzene rings is 1. The van der Waals surface area contributed by atoms with Gasteiger partial charge in [0.1, 0.15) is 34.4 Å². The molecule has 0 aliphatic rings. The summed E-state index contributed by atoms with van der Waals surface area (Å²) in [4.78, 5) is 33.8. The summed E-state index contributed by atoms with van der Waals surface area (Å²) in [5.41, 5.74) is 3.75. The van der Waals surface area contributed by atoms with Crippen LogP contribution in [-0.4, -0.2) is 40.4 Å². The topological polar surface area (TPSA) is 134 Å². The summed E-state index contributed by atoms with van der Waals surface area (Å²) >= 11 is 2.23. The van der Waals surface area contributed by atoms with E-state index in [0.717, 1.165) is 28.2 Å². The summed E-state index contributed by atoms with van der Waals surface area (Å²) in [6.07, 6.45) is 3.31. The average molecular weight is 699 g/mol. The van der Waals surface area contributed by atoms with Gasteiger partial charge in [-0.05, 0) is 60.2 Å². The van der Waals surface area contributed by atoms with Crippen LogP contribution in [0.2, 0.25) is 0 Å². The molecule has 1 N–H and O–H groups in total. The molecule has 0 saturated heterocycles. The molecule has 16 heteroatoms. The van der Waals surface area contributed by atoms with Crippen molar-refractivity contribution >= 4 is 38.6 Å². The predicted molar refractivity (Wildman–Crippen MR) is 179 cm³/mol. The quantitative estimate of drug-likeness (QED) is 0.120. The number of nitrogens with zero attached hydrogens (tertiary/aromatic N) is 7. The molecule has 0 bridgehead atoms. The predicted octanol–water partition coefficient (Wildman–Crippen LogP) is 7.82. The first-order valence-electron chi connectivity index (χ1n) is 14.4. The summed E-state index contributed by atoms with van der Waals surface area (Å²) in [7, 11) is 1.76. The van der Waals surface area contributed by atoms with Crippen molar-refractivity contribution in [2.24, 2.45) is 7.05 Å². The number of nitro groups is 1. The molecule has 0 spiro atoms. The number of aromatic nitrogens is 6. The summed E-state index contributed by atoms with van der Waals surface area (Å²) < 4.78 is 45.3. The fourth-order valence-corrected chi connectivity index (χ4v) is 6.91. The van der Waals surface area contributed by atoms with Crippen LogP contribution in [-0.2, 0) is 13.6 Å². The molecule has 7 aromatic rings. The number of rotatable bonds is 9. The van der Waals surface area contributed by atoms with Crippen LogP contribution < -0.4 is 5.32 Å². The SMILES string of the molecule is Cn1nc(-c2cc(Cn3nc(-c4ccccn4)cc3-c3ccc(NC(=O)c4c(F)cc(F)cc4F)s3)ccn2)cc1-c1ccc([N+](=O)[O-])s1. The zero-order valence-electron chi connectivity index (χ0n) is 25.2. The molecule has 244 valence electrons. The van der Waals surface area contributed by atoms with Gasteiger partial charge in [-0.2, -0.15) is 10.2 Å². The van der Waals surface area contributed by atoms with Gasteiger partial charge >= 0.3 is 5.00 Å². The third kappa shape index (κ3) is 6.46. The highest BCUT2D eigenvalue weighted by molar-refractivity contribution is 7.19. The molecular formula is C33H21F3N8O3S2. The molecule has 0 radical (unpaired) electrons. The van der Waals surface area contributed by atoms with E-state index in [0.29, 0.717) is 67.6 Å². The molecule has 0 aliphatic carbocycles. The van der Waals surface area contributed by atoms with Crippen molar-refractivity contribution in [1.29, 1.82) is 0 Å². The Balaban J connectivity index is 1.19. The first kappa shape index (κ1) is 31.6. The second kappa shape index (κ2) is 12.9. The number of carbonyl (C=O) groups is 1. The summed E-state index contributed by atoms with van der Waals surface area (Å²) in [5, 5.41) is 23.4. The lowest BCUT2D eigenvalue weighted by atomic mass is 10.1. The number of anilines is 1. The number of thiophene rings is 2. The van der Waals surface area contributed by atoms with E-state index in [1.165, 1.54) is 6.07 Å². The first-order chi connectivity index (χ1) is 23.6. The van der Waals surface area contributed by atoms with E-state index in [9.17, 15) is 28.1 Å². The zero-order valence-corrected chi connectivity index (χ0v) is 26.8. The van der Waals surface area contributed by atoms with Crippen LogP contribution in [0.3, 0.4) is 0 Å². The van der Waals surface area contributed by atoms with Crippen LogP contribution in [0, 0.1) is 27.6 Å². The second-order valence-electron chi connectivity index (χ2n) is 10.6. The maximum Gasteiger partial charge on any atom is 0.324 e. The van der Waals surface area contributed by atoms with Gasteiger partial charge in [-0.15, -0.1) is 11.3 Å². The van der Waals surface area contributed by atoms with Gasteiger partial charge < -0.3 is 5.32 Å². The lowest BCUT2D eigenvalue weighted by Crippen LogP contribution is -2.15. The highest BCUT2D eigenvalue weighted by Gasteiger charge is 2.21. The van der Waals surface area contributed by atoms with E-state index < -0.39 is 33.8 Å². The van der Waals surface area contributed by atoms with Gasteiger partial charge in [0.15, 0.2) is 0 Å². The molecule has 0 saturated carbocycles. The largest absolute Gasteiger partial charge is 0.324 e. The number of amides is 1. The third-order valence-electron chi connectivity index (χ3n) is 7.36. The van der Waals surface area contributed by atoms with Crippen molar-refractivity contribution < 1.29 is 22.9 Å². The number of halogens is 3. The Morgan fingerprint density at radius 1 is 0.816 bits per heavy atom. The molecule has 0 fully saturated rings. The molecule has 1 aromatic carbocycles. The maximum atomic E-state index is 14.2. The molecule has 0 atom stereocenters. The minimum absolute atomic E-state index is 0.0360. The fourth-order valence-electron chi connectivity index (χ4n) is 5.12. The molecule has 49 heavy (non-hydrogen) atoms. The standard InChI is InChI=1S/C33H21F3N8O3S2/c1-42-26(28-6-8-31(49-28)44(46)47)15-25(40-42)23-12-18(9-11-38-23)17-43-27(16-24(41-43)22-4-2-3-10-37-22)29-5-7-30(48-29)39-33(45)32-20(35)13-19(34)14-21(32)36/h2-16H,17H2,1H3,(H,39,45). The molecule has 6 aromatic heterocycles. The molecular weight excluding hydrogens is 678 g/mol. The number of hydrogen-bond acceptors (Lipinski definition) is 9. The van der Waals surface area contributed by atoms with Crippen molar-refractivity contribution in [2.75, 3.05) is 5.32 Å². The van der Waals surface area contributed by atoms with Gasteiger partial charge in [0, 0.05) is 37.6 Å². The van der Waals surface area contributed by atoms with Crippen molar-refractivity contribution in [3.63, 3.8) is 0 Å². The van der Waals surface area contributed by atoms with Crippen LogP contribution in [0.25, 0.3) is 43.9 Å². The second-order valence-corrected chi connectivity index (χ2v) is 12.8. The lowest BCUT2D eigenvalue weighted by molar-refractivity contribution is -0.380. The smallest absolute Gasteiger partial charge is 0.313 e. The number of aryl methyl sites for hydroxylation is 1. The molecule has 0 aliphatic heterocycles. The number of hydrogen-bond donors (Lipinski definition) is 1. The van der Waals surface area contributed by atoms with Gasteiger partial charge in [0.2, 0.25) is 0 Å². The molecule has 7 rings (SSSR count). The number of carbonyl (C=O) groups excluding carboxylic acids is 1. The van der Waals surface area contributed by atoms with Crippen molar-refractivity contribution in [1.82, 2.24) is 29.5 Å². The van der Waals surface area contributed by atoms with Gasteiger partial charge in [-0.25, -0.2) is 13.2 Å². The lowest BCUT2D eigenvalue weighted by Gasteiger charge is -2.08. The normalized spacial score (nSPS) is 11.2. The summed E-state index contributed by atoms with van der Waals surface area (Å²) in [6, 6.07) is 20.3. The molecule has 1 amide bonds. The molecule has 6 heterocycles. The van der Waals surface area contributed by atoms with Gasteiger partial charge in [-0.3, -0.25) is 34.2 Å². The first-order valence-corrected chi connectivity index (χ1v) is 16.1. The highest BCUT2D eigenvalue weighted by atomic mass is 32.1. The zero-order chi connectivity index (χ0) is 34.2. The van der Waals surface area contributed by atoms with Crippen molar-refractivity contribution in [3.8, 4) is 43.9 Å². The van der Waals surface area contributed by atoms with E-state index >= 15 is 0 Å². The van der Waals surface area contributed by atoms with E-state index in [4.69, 9.17) is 5.10 Å². The fraction of sp³-hybridized carbons (Fsp3) is 0.0606. The molecule has 11 nitrogen and oxygen atoms in total. The van der Waals surface area contributed by atoms with E-state index in [-0.39, 0.29) is 5.00 Å². The highest BCUT2D eigenvalue weighted by Crippen LogP contribution is 2.36. The van der Waals surface area contributed by atoms with E-state index in [1.54, 1.807) is 53.1 Å². The van der Waals surface area contributed by atoms with Crippen LogP contribution in [0.4, 0.5) is 23.2 Å². The van der Waals surface area contributed by atoms with E-state index in [1.807, 2.05) is 36.4 Å².